The maximum Gasteiger partial charge on any atom is 0.229 e. The van der Waals surface area contributed by atoms with E-state index in [2.05, 4.69) is 73.9 Å². The van der Waals surface area contributed by atoms with Gasteiger partial charge in [-0.3, -0.25) is 0 Å². The molecule has 0 unspecified atom stereocenters. The Morgan fingerprint density at radius 3 is 2.43 bits per heavy atom. The summed E-state index contributed by atoms with van der Waals surface area (Å²) < 4.78 is 27.9. The van der Waals surface area contributed by atoms with Crippen LogP contribution in [-0.2, 0) is 7.05 Å². The van der Waals surface area contributed by atoms with E-state index in [0.717, 1.165) is 28.2 Å². The van der Waals surface area contributed by atoms with Gasteiger partial charge in [-0.2, -0.15) is 4.57 Å². The van der Waals surface area contributed by atoms with Crippen molar-refractivity contribution in [3.05, 3.63) is 83.0 Å². The van der Waals surface area contributed by atoms with Crippen LogP contribution in [0.15, 0.2) is 60.8 Å². The highest BCUT2D eigenvalue weighted by molar-refractivity contribution is 5.92. The summed E-state index contributed by atoms with van der Waals surface area (Å²) in [5.41, 5.74) is 8.04. The van der Waals surface area contributed by atoms with Gasteiger partial charge in [-0.1, -0.05) is 50.2 Å². The third kappa shape index (κ3) is 2.84. The van der Waals surface area contributed by atoms with Gasteiger partial charge in [-0.15, -0.1) is 0 Å². The number of pyridine rings is 1. The van der Waals surface area contributed by atoms with E-state index in [9.17, 15) is 0 Å². The largest absolute Gasteiger partial charge is 0.304 e. The third-order valence-corrected chi connectivity index (χ3v) is 5.65. The fraction of sp³-hybridized carbons (Fsp3) is 0.269. The normalized spacial score (nSPS) is 13.6. The van der Waals surface area contributed by atoms with Crippen LogP contribution >= 0.6 is 0 Å². The lowest BCUT2D eigenvalue weighted by Gasteiger charge is -2.17. The number of nitrogens with zero attached hydrogens (tertiary/aromatic N) is 2. The van der Waals surface area contributed by atoms with Crippen LogP contribution in [-0.4, -0.2) is 4.57 Å². The Kier molecular flexibility index (Phi) is 3.74. The molecule has 0 aliphatic heterocycles. The molecule has 0 radical (unpaired) electrons. The molecule has 2 aromatic carbocycles. The van der Waals surface area contributed by atoms with Gasteiger partial charge in [0.1, 0.15) is 12.7 Å². The van der Waals surface area contributed by atoms with Gasteiger partial charge in [0, 0.05) is 26.8 Å². The molecule has 2 heteroatoms. The lowest BCUT2D eigenvalue weighted by atomic mass is 10.0. The number of benzene rings is 2. The number of hydrogen-bond donors (Lipinski definition) is 0. The predicted molar refractivity (Wildman–Crippen MR) is 118 cm³/mol. The average molecular weight is 373 g/mol. The Hall–Kier alpha value is -2.87. The van der Waals surface area contributed by atoms with E-state index in [0.29, 0.717) is 11.5 Å². The van der Waals surface area contributed by atoms with Crippen LogP contribution in [0.3, 0.4) is 0 Å². The summed E-state index contributed by atoms with van der Waals surface area (Å²) in [6.07, 6.45) is 1.76. The molecule has 2 nitrogen and oxygen atoms in total. The zero-order valence-corrected chi connectivity index (χ0v) is 17.2. The molecule has 0 aliphatic carbocycles. The second kappa shape index (κ2) is 6.94. The van der Waals surface area contributed by atoms with Crippen LogP contribution < -0.4 is 4.57 Å². The van der Waals surface area contributed by atoms with Gasteiger partial charge < -0.3 is 4.57 Å². The minimum Gasteiger partial charge on any atom is -0.304 e. The Bertz CT molecular complexity index is 1280. The van der Waals surface area contributed by atoms with Crippen LogP contribution in [0, 0.1) is 20.7 Å². The maximum absolute atomic E-state index is 7.88. The zero-order valence-electron chi connectivity index (χ0n) is 20.2. The maximum atomic E-state index is 7.88. The molecule has 2 aromatic heterocycles. The van der Waals surface area contributed by atoms with E-state index in [1.165, 1.54) is 16.5 Å². The summed E-state index contributed by atoms with van der Waals surface area (Å²) in [7, 11) is 1.93. The molecule has 2 heterocycles. The topological polar surface area (TPSA) is 8.81 Å². The van der Waals surface area contributed by atoms with E-state index in [1.54, 1.807) is 6.20 Å². The monoisotopic (exact) mass is 372 g/mol. The molecular weight excluding hydrogens is 340 g/mol. The van der Waals surface area contributed by atoms with E-state index >= 15 is 0 Å². The van der Waals surface area contributed by atoms with Gasteiger partial charge in [0.15, 0.2) is 6.20 Å². The molecule has 0 N–H and O–H groups in total. The van der Waals surface area contributed by atoms with Crippen molar-refractivity contribution in [2.45, 2.75) is 40.5 Å². The highest BCUT2D eigenvalue weighted by Crippen LogP contribution is 2.37. The molecule has 0 spiro atoms. The van der Waals surface area contributed by atoms with Crippen molar-refractivity contribution >= 4 is 10.9 Å². The summed E-state index contributed by atoms with van der Waals surface area (Å²) in [6, 6.07) is 19.0. The first-order valence-electron chi connectivity index (χ1n) is 11.3. The Morgan fingerprint density at radius 1 is 0.964 bits per heavy atom. The SMILES string of the molecule is [2H]C([2H])([2H])c1c[n+](C)c(-c2c(C)c3ccccc3n2-c2ccccc2C(C)C)cc1C. The first-order valence-corrected chi connectivity index (χ1v) is 9.81. The zero-order chi connectivity index (χ0) is 22.5. The molecule has 4 aromatic rings. The minimum atomic E-state index is -2.13. The third-order valence-electron chi connectivity index (χ3n) is 5.65. The second-order valence-electron chi connectivity index (χ2n) is 7.91. The number of aryl methyl sites for hydroxylation is 4. The van der Waals surface area contributed by atoms with Crippen molar-refractivity contribution in [3.8, 4) is 17.1 Å². The first kappa shape index (κ1) is 15.1. The van der Waals surface area contributed by atoms with Crippen LogP contribution in [0.25, 0.3) is 28.0 Å². The van der Waals surface area contributed by atoms with Gasteiger partial charge in [0.05, 0.1) is 5.52 Å². The minimum absolute atomic E-state index is 0.374. The van der Waals surface area contributed by atoms with Crippen molar-refractivity contribution in [2.75, 3.05) is 0 Å². The van der Waals surface area contributed by atoms with Crippen molar-refractivity contribution < 1.29 is 8.68 Å². The fourth-order valence-electron chi connectivity index (χ4n) is 4.12. The van der Waals surface area contributed by atoms with E-state index in [-0.39, 0.29) is 0 Å². The van der Waals surface area contributed by atoms with E-state index in [4.69, 9.17) is 4.11 Å². The summed E-state index contributed by atoms with van der Waals surface area (Å²) in [5, 5.41) is 1.20. The Labute approximate surface area is 172 Å². The summed E-state index contributed by atoms with van der Waals surface area (Å²) >= 11 is 0. The molecule has 0 atom stereocenters. The van der Waals surface area contributed by atoms with Crippen LogP contribution in [0.2, 0.25) is 0 Å². The van der Waals surface area contributed by atoms with Gasteiger partial charge in [0.25, 0.3) is 0 Å². The number of hydrogen-bond acceptors (Lipinski definition) is 0. The van der Waals surface area contributed by atoms with Crippen molar-refractivity contribution in [3.63, 3.8) is 0 Å². The van der Waals surface area contributed by atoms with Crippen molar-refractivity contribution in [1.29, 1.82) is 0 Å². The average Bonchev–Trinajstić information content (AvgIpc) is 3.01. The second-order valence-corrected chi connectivity index (χ2v) is 7.91. The van der Waals surface area contributed by atoms with Crippen LogP contribution in [0.1, 0.15) is 46.1 Å². The summed E-state index contributed by atoms with van der Waals surface area (Å²) in [5.74, 6) is 0.374. The fourth-order valence-corrected chi connectivity index (χ4v) is 4.12. The van der Waals surface area contributed by atoms with Gasteiger partial charge in [0.2, 0.25) is 5.69 Å². The van der Waals surface area contributed by atoms with Crippen LogP contribution in [0.4, 0.5) is 0 Å². The smallest absolute Gasteiger partial charge is 0.229 e. The number of para-hydroxylation sites is 2. The standard InChI is InChI=1S/C26H29N2/c1-17(2)21-11-7-9-13-23(21)28-24-14-10-8-12-22(24)20(5)26(28)25-15-18(3)19(4)16-27(25)6/h7-17H,1-6H3/q+1/i4D3. The number of rotatable bonds is 3. The van der Waals surface area contributed by atoms with E-state index < -0.39 is 6.85 Å². The highest BCUT2D eigenvalue weighted by atomic mass is 15.0. The van der Waals surface area contributed by atoms with E-state index in [1.807, 2.05) is 24.6 Å². The lowest BCUT2D eigenvalue weighted by molar-refractivity contribution is -0.661. The summed E-state index contributed by atoms with van der Waals surface area (Å²) in [6.45, 7) is 6.33. The Morgan fingerprint density at radius 2 is 1.68 bits per heavy atom. The molecule has 142 valence electrons. The van der Waals surface area contributed by atoms with Crippen molar-refractivity contribution in [2.24, 2.45) is 7.05 Å². The van der Waals surface area contributed by atoms with Gasteiger partial charge in [-0.25, -0.2) is 0 Å². The molecule has 4 rings (SSSR count). The molecule has 0 saturated carbocycles. The number of aromatic nitrogens is 2. The quantitative estimate of drug-likeness (QED) is 0.380. The van der Waals surface area contributed by atoms with Crippen LogP contribution in [0.5, 0.6) is 0 Å². The van der Waals surface area contributed by atoms with Gasteiger partial charge in [-0.05, 0) is 55.4 Å². The molecule has 0 saturated heterocycles. The molecule has 28 heavy (non-hydrogen) atoms. The molecule has 0 amide bonds. The highest BCUT2D eigenvalue weighted by Gasteiger charge is 2.24. The molecular formula is C26H29N2+. The Balaban J connectivity index is 2.12. The predicted octanol–water partition coefficient (Wildman–Crippen LogP) is 6.17. The van der Waals surface area contributed by atoms with Crippen molar-refractivity contribution in [1.82, 2.24) is 4.57 Å². The molecule has 0 aliphatic rings. The first-order chi connectivity index (χ1) is 14.6. The molecule has 0 fully saturated rings. The lowest BCUT2D eigenvalue weighted by Crippen LogP contribution is -2.32. The van der Waals surface area contributed by atoms with Gasteiger partial charge >= 0.3 is 0 Å². The summed E-state index contributed by atoms with van der Waals surface area (Å²) in [4.78, 5) is 0. The molecule has 0 bridgehead atoms. The number of fused-ring (bicyclic) bond motifs is 1.